The van der Waals surface area contributed by atoms with E-state index in [0.29, 0.717) is 0 Å². The highest BCUT2D eigenvalue weighted by Gasteiger charge is 2.56. The topological polar surface area (TPSA) is 21.8 Å². The van der Waals surface area contributed by atoms with E-state index in [-0.39, 0.29) is 17.8 Å². The fourth-order valence-electron chi connectivity index (χ4n) is 3.61. The lowest BCUT2D eigenvalue weighted by atomic mass is 9.90. The average molecular weight is 244 g/mol. The maximum Gasteiger partial charge on any atom is 0.132 e. The molecule has 1 aromatic rings. The van der Waals surface area contributed by atoms with Gasteiger partial charge in [0.05, 0.1) is 0 Å². The van der Waals surface area contributed by atoms with E-state index in [0.717, 1.165) is 11.7 Å². The van der Waals surface area contributed by atoms with Crippen LogP contribution in [0.1, 0.15) is 62.7 Å². The number of hydrogen-bond acceptors (Lipinski definition) is 2. The van der Waals surface area contributed by atoms with Gasteiger partial charge in [0.25, 0.3) is 0 Å². The molecule has 2 heteroatoms. The normalized spacial score (nSPS) is 32.6. The maximum atomic E-state index is 6.07. The second-order valence-electron chi connectivity index (χ2n) is 6.46. The molecule has 96 valence electrons. The van der Waals surface area contributed by atoms with E-state index in [1.54, 1.807) is 0 Å². The number of fused-ring (bicyclic) bond motifs is 3. The van der Waals surface area contributed by atoms with Crippen molar-refractivity contribution in [2.45, 2.75) is 63.3 Å². The Balaban J connectivity index is 1.70. The summed E-state index contributed by atoms with van der Waals surface area (Å²) in [6.07, 6.45) is 6.00. The zero-order valence-corrected chi connectivity index (χ0v) is 11.1. The highest BCUT2D eigenvalue weighted by molar-refractivity contribution is 5.45. The maximum absolute atomic E-state index is 6.07. The van der Waals surface area contributed by atoms with Crippen LogP contribution in [-0.4, -0.2) is 11.7 Å². The van der Waals surface area contributed by atoms with Gasteiger partial charge in [0, 0.05) is 5.56 Å². The first-order chi connectivity index (χ1) is 8.65. The highest BCUT2D eigenvalue weighted by Crippen LogP contribution is 2.54. The van der Waals surface area contributed by atoms with Gasteiger partial charge < -0.3 is 9.47 Å². The predicted octanol–water partition coefficient (Wildman–Crippen LogP) is 3.96. The Kier molecular flexibility index (Phi) is 2.12. The Morgan fingerprint density at radius 3 is 2.72 bits per heavy atom. The Hall–Kier alpha value is -1.02. The van der Waals surface area contributed by atoms with E-state index in [4.69, 9.17) is 9.47 Å². The molecule has 4 rings (SSSR count). The van der Waals surface area contributed by atoms with Crippen molar-refractivity contribution in [2.24, 2.45) is 0 Å². The minimum absolute atomic E-state index is 0.174. The van der Waals surface area contributed by atoms with E-state index in [1.807, 2.05) is 0 Å². The first-order valence-corrected chi connectivity index (χ1v) is 7.13. The summed E-state index contributed by atoms with van der Waals surface area (Å²) in [7, 11) is 0. The zero-order chi connectivity index (χ0) is 12.3. The molecule has 2 fully saturated rings. The van der Waals surface area contributed by atoms with Crippen LogP contribution in [0.4, 0.5) is 0 Å². The van der Waals surface area contributed by atoms with Crippen LogP contribution in [0, 0.1) is 0 Å². The van der Waals surface area contributed by atoms with Gasteiger partial charge in [0.2, 0.25) is 0 Å². The second-order valence-corrected chi connectivity index (χ2v) is 6.46. The van der Waals surface area contributed by atoms with Gasteiger partial charge in [-0.25, -0.2) is 0 Å². The van der Waals surface area contributed by atoms with Gasteiger partial charge in [-0.2, -0.15) is 0 Å². The van der Waals surface area contributed by atoms with E-state index in [9.17, 15) is 0 Å². The second kappa shape index (κ2) is 3.51. The van der Waals surface area contributed by atoms with Gasteiger partial charge in [-0.3, -0.25) is 0 Å². The van der Waals surface area contributed by atoms with Crippen molar-refractivity contribution >= 4 is 0 Å². The van der Waals surface area contributed by atoms with Crippen LogP contribution in [0.25, 0.3) is 0 Å². The third kappa shape index (κ3) is 1.51. The van der Waals surface area contributed by atoms with Crippen molar-refractivity contribution in [1.29, 1.82) is 0 Å². The number of epoxide rings is 1. The van der Waals surface area contributed by atoms with Gasteiger partial charge in [0.15, 0.2) is 0 Å². The Bertz CT molecular complexity index is 486. The lowest BCUT2D eigenvalue weighted by Crippen LogP contribution is -2.37. The molecule has 0 amide bonds. The summed E-state index contributed by atoms with van der Waals surface area (Å²) < 4.78 is 11.9. The van der Waals surface area contributed by atoms with Crippen LogP contribution in [0.3, 0.4) is 0 Å². The summed E-state index contributed by atoms with van der Waals surface area (Å²) in [6.45, 7) is 4.23. The molecule has 2 atom stereocenters. The molecule has 2 unspecified atom stereocenters. The molecule has 0 spiro atoms. The van der Waals surface area contributed by atoms with Crippen LogP contribution in [0.5, 0.6) is 5.75 Å². The minimum Gasteiger partial charge on any atom is -0.485 e. The van der Waals surface area contributed by atoms with Crippen LogP contribution in [-0.2, 0) is 4.74 Å². The van der Waals surface area contributed by atoms with Crippen molar-refractivity contribution < 1.29 is 9.47 Å². The summed E-state index contributed by atoms with van der Waals surface area (Å²) >= 11 is 0. The SMILES string of the molecule is CC1(C)Oc2ccc(C3CCCC3)cc2C2OC21. The van der Waals surface area contributed by atoms with Gasteiger partial charge in [-0.05, 0) is 50.3 Å². The summed E-state index contributed by atoms with van der Waals surface area (Å²) in [5, 5.41) is 0. The van der Waals surface area contributed by atoms with Crippen LogP contribution >= 0.6 is 0 Å². The molecular weight excluding hydrogens is 224 g/mol. The fourth-order valence-corrected chi connectivity index (χ4v) is 3.61. The molecular formula is C16H20O2. The molecule has 3 aliphatic rings. The standard InChI is InChI=1S/C16H20O2/c1-16(2)15-14(17-15)12-9-11(7-8-13(12)18-16)10-5-3-4-6-10/h7-10,14-15H,3-6H2,1-2H3. The van der Waals surface area contributed by atoms with E-state index < -0.39 is 0 Å². The van der Waals surface area contributed by atoms with Crippen molar-refractivity contribution in [1.82, 2.24) is 0 Å². The third-order valence-electron chi connectivity index (χ3n) is 4.72. The Labute approximate surface area is 108 Å². The molecule has 1 aromatic carbocycles. The molecule has 0 N–H and O–H groups in total. The Morgan fingerprint density at radius 1 is 1.17 bits per heavy atom. The molecule has 0 bridgehead atoms. The average Bonchev–Trinajstić information content (AvgIpc) is 2.98. The first-order valence-electron chi connectivity index (χ1n) is 7.13. The number of benzene rings is 1. The van der Waals surface area contributed by atoms with Gasteiger partial charge in [-0.1, -0.05) is 18.9 Å². The molecule has 2 aliphatic heterocycles. The minimum atomic E-state index is -0.174. The van der Waals surface area contributed by atoms with Crippen LogP contribution in [0.2, 0.25) is 0 Å². The van der Waals surface area contributed by atoms with Crippen LogP contribution in [0.15, 0.2) is 18.2 Å². The van der Waals surface area contributed by atoms with Crippen molar-refractivity contribution in [2.75, 3.05) is 0 Å². The molecule has 1 saturated carbocycles. The van der Waals surface area contributed by atoms with Gasteiger partial charge >= 0.3 is 0 Å². The first kappa shape index (κ1) is 10.9. The predicted molar refractivity (Wildman–Crippen MR) is 70.0 cm³/mol. The van der Waals surface area contributed by atoms with Crippen LogP contribution < -0.4 is 4.74 Å². The molecule has 1 aliphatic carbocycles. The summed E-state index contributed by atoms with van der Waals surface area (Å²) in [5.41, 5.74) is 2.60. The van der Waals surface area contributed by atoms with Crippen molar-refractivity contribution in [3.63, 3.8) is 0 Å². The number of hydrogen-bond donors (Lipinski definition) is 0. The molecule has 0 aromatic heterocycles. The smallest absolute Gasteiger partial charge is 0.132 e. The van der Waals surface area contributed by atoms with E-state index in [1.165, 1.54) is 36.8 Å². The molecule has 0 radical (unpaired) electrons. The molecule has 2 nitrogen and oxygen atoms in total. The Morgan fingerprint density at radius 2 is 1.94 bits per heavy atom. The summed E-state index contributed by atoms with van der Waals surface area (Å²) in [5.74, 6) is 1.79. The number of rotatable bonds is 1. The van der Waals surface area contributed by atoms with E-state index >= 15 is 0 Å². The number of ether oxygens (including phenoxy) is 2. The summed E-state index contributed by atoms with van der Waals surface area (Å²) in [4.78, 5) is 0. The lowest BCUT2D eigenvalue weighted by Gasteiger charge is -2.30. The fraction of sp³-hybridized carbons (Fsp3) is 0.625. The summed E-state index contributed by atoms with van der Waals surface area (Å²) in [6, 6.07) is 6.75. The third-order valence-corrected chi connectivity index (χ3v) is 4.72. The van der Waals surface area contributed by atoms with Crippen molar-refractivity contribution in [3.05, 3.63) is 29.3 Å². The zero-order valence-electron chi connectivity index (χ0n) is 11.1. The van der Waals surface area contributed by atoms with Gasteiger partial charge in [0.1, 0.15) is 23.6 Å². The van der Waals surface area contributed by atoms with Gasteiger partial charge in [-0.15, -0.1) is 0 Å². The quantitative estimate of drug-likeness (QED) is 0.698. The van der Waals surface area contributed by atoms with Crippen molar-refractivity contribution in [3.8, 4) is 5.75 Å². The van der Waals surface area contributed by atoms with E-state index in [2.05, 4.69) is 32.0 Å². The molecule has 1 saturated heterocycles. The monoisotopic (exact) mass is 244 g/mol. The largest absolute Gasteiger partial charge is 0.485 e. The lowest BCUT2D eigenvalue weighted by molar-refractivity contribution is 0.0725. The molecule has 18 heavy (non-hydrogen) atoms. The molecule has 2 heterocycles. The highest BCUT2D eigenvalue weighted by atomic mass is 16.6.